The number of hydrogen-bond donors (Lipinski definition) is 2. The number of amides is 2. The lowest BCUT2D eigenvalue weighted by Gasteiger charge is -2.38. The fourth-order valence-electron chi connectivity index (χ4n) is 5.46. The average molecular weight is 521 g/mol. The van der Waals surface area contributed by atoms with Gasteiger partial charge in [-0.15, -0.1) is 11.3 Å². The molecule has 5 heterocycles. The fraction of sp³-hybridized carbons (Fsp3) is 0.444. The van der Waals surface area contributed by atoms with Crippen LogP contribution in [0.2, 0.25) is 0 Å². The maximum Gasteiger partial charge on any atom is 0.314 e. The van der Waals surface area contributed by atoms with Crippen molar-refractivity contribution in [2.75, 3.05) is 31.9 Å². The highest BCUT2D eigenvalue weighted by atomic mass is 32.1. The molecule has 10 heteroatoms. The average Bonchev–Trinajstić information content (AvgIpc) is 3.59. The van der Waals surface area contributed by atoms with Crippen molar-refractivity contribution < 1.29 is 13.7 Å². The van der Waals surface area contributed by atoms with Gasteiger partial charge in [0.05, 0.1) is 44.9 Å². The number of pyridine rings is 1. The summed E-state index contributed by atoms with van der Waals surface area (Å²) in [5.74, 6) is -0.761. The van der Waals surface area contributed by atoms with Crippen LogP contribution in [-0.4, -0.2) is 68.4 Å². The van der Waals surface area contributed by atoms with E-state index in [1.54, 1.807) is 33.5 Å². The second-order valence-electron chi connectivity index (χ2n) is 10.2. The fourth-order valence-corrected chi connectivity index (χ4v) is 6.58. The van der Waals surface area contributed by atoms with Crippen LogP contribution in [0.3, 0.4) is 0 Å². The number of carbonyl (C=O) groups is 2. The molecular formula is C27H31N7O2S. The topological polar surface area (TPSA) is 107 Å². The molecule has 2 N–H and O–H groups in total. The van der Waals surface area contributed by atoms with Crippen molar-refractivity contribution in [3.05, 3.63) is 47.4 Å². The van der Waals surface area contributed by atoms with Crippen molar-refractivity contribution in [3.8, 4) is 0 Å². The molecule has 0 bridgehead atoms. The van der Waals surface area contributed by atoms with Crippen LogP contribution in [0.4, 0.5) is 5.69 Å². The van der Waals surface area contributed by atoms with Crippen molar-refractivity contribution in [2.45, 2.75) is 44.6 Å². The summed E-state index contributed by atoms with van der Waals surface area (Å²) in [5.41, 5.74) is 2.87. The van der Waals surface area contributed by atoms with Crippen LogP contribution in [0.15, 0.2) is 36.8 Å². The van der Waals surface area contributed by atoms with Gasteiger partial charge in [-0.05, 0) is 69.4 Å². The molecule has 192 valence electrons. The van der Waals surface area contributed by atoms with Gasteiger partial charge in [0, 0.05) is 28.2 Å². The number of rotatable bonds is 3. The summed E-state index contributed by atoms with van der Waals surface area (Å²) in [6.07, 6.45) is 8.00. The number of nitrogens with one attached hydrogen (secondary N) is 2. The molecule has 3 aromatic heterocycles. The van der Waals surface area contributed by atoms with Crippen LogP contribution in [0.25, 0.3) is 21.1 Å². The monoisotopic (exact) mass is 520 g/mol. The summed E-state index contributed by atoms with van der Waals surface area (Å²) in [7, 11) is 0. The number of H-pyrrole nitrogens is 1. The van der Waals surface area contributed by atoms with Crippen molar-refractivity contribution in [1.29, 1.82) is 0 Å². The molecule has 2 amide bonds. The Hall–Kier alpha value is -3.37. The molecule has 6 rings (SSSR count). The zero-order chi connectivity index (χ0) is 28.0. The van der Waals surface area contributed by atoms with Crippen molar-refractivity contribution in [1.82, 2.24) is 30.0 Å². The van der Waals surface area contributed by atoms with Gasteiger partial charge in [0.25, 0.3) is 0 Å². The third kappa shape index (κ3) is 4.71. The van der Waals surface area contributed by atoms with Crippen LogP contribution >= 0.6 is 11.3 Å². The molecule has 4 aromatic rings. The van der Waals surface area contributed by atoms with E-state index < -0.39 is 18.8 Å². The van der Waals surface area contributed by atoms with E-state index in [2.05, 4.69) is 33.5 Å². The minimum Gasteiger partial charge on any atom is -0.327 e. The van der Waals surface area contributed by atoms with Crippen LogP contribution in [0.5, 0.6) is 0 Å². The molecule has 0 aliphatic carbocycles. The summed E-state index contributed by atoms with van der Waals surface area (Å²) in [4.78, 5) is 38.9. The number of hydrogen-bond acceptors (Lipinski definition) is 7. The van der Waals surface area contributed by atoms with E-state index in [0.717, 1.165) is 51.9 Å². The normalized spacial score (nSPS) is 23.1. The second-order valence-corrected chi connectivity index (χ2v) is 11.2. The number of anilines is 1. The Morgan fingerprint density at radius 1 is 1.16 bits per heavy atom. The smallest absolute Gasteiger partial charge is 0.314 e. The number of benzene rings is 1. The first-order valence-corrected chi connectivity index (χ1v) is 13.5. The predicted octanol–water partition coefficient (Wildman–Crippen LogP) is 4.32. The lowest BCUT2D eigenvalue weighted by atomic mass is 9.89. The van der Waals surface area contributed by atoms with Gasteiger partial charge in [-0.25, -0.2) is 4.98 Å². The third-order valence-corrected chi connectivity index (χ3v) is 8.73. The van der Waals surface area contributed by atoms with E-state index in [1.165, 1.54) is 6.20 Å². The first-order chi connectivity index (χ1) is 19.2. The van der Waals surface area contributed by atoms with E-state index in [-0.39, 0.29) is 17.9 Å². The number of nitrogens with zero attached hydrogens (tertiary/aromatic N) is 5. The van der Waals surface area contributed by atoms with Gasteiger partial charge in [-0.2, -0.15) is 5.10 Å². The Labute approximate surface area is 223 Å². The van der Waals surface area contributed by atoms with Gasteiger partial charge in [0.15, 0.2) is 0 Å². The SMILES string of the molecule is [2H]C([2H])([2H])N1CCC(c2nc3cc(C4CCC(C)CN4C(=O)C(=O)Nc4cncc5cn[nH]c45)ccc3s2)CC1. The number of fused-ring (bicyclic) bond motifs is 2. The quantitative estimate of drug-likeness (QED) is 0.390. The number of aromatic nitrogens is 4. The molecule has 2 aliphatic heterocycles. The van der Waals surface area contributed by atoms with Gasteiger partial charge >= 0.3 is 11.8 Å². The molecule has 0 saturated carbocycles. The van der Waals surface area contributed by atoms with Crippen molar-refractivity contribution in [2.24, 2.45) is 5.92 Å². The molecule has 2 atom stereocenters. The molecule has 0 radical (unpaired) electrons. The lowest BCUT2D eigenvalue weighted by molar-refractivity contribution is -0.146. The largest absolute Gasteiger partial charge is 0.327 e. The van der Waals surface area contributed by atoms with E-state index in [1.807, 2.05) is 12.1 Å². The van der Waals surface area contributed by atoms with Crippen LogP contribution in [0, 0.1) is 5.92 Å². The molecule has 37 heavy (non-hydrogen) atoms. The van der Waals surface area contributed by atoms with Crippen molar-refractivity contribution in [3.63, 3.8) is 0 Å². The molecule has 9 nitrogen and oxygen atoms in total. The summed E-state index contributed by atoms with van der Waals surface area (Å²) in [6, 6.07) is 5.90. The number of piperidine rings is 2. The summed E-state index contributed by atoms with van der Waals surface area (Å²) in [5, 5.41) is 11.3. The first-order valence-electron chi connectivity index (χ1n) is 14.2. The van der Waals surface area contributed by atoms with E-state index in [9.17, 15) is 9.59 Å². The molecule has 2 aliphatic rings. The molecule has 2 unspecified atom stereocenters. The molecule has 0 spiro atoms. The standard InChI is InChI=1S/C27H31N7O2S/c1-16-3-5-22(18-4-6-23-20(11-18)31-26(37-23)17-7-9-33(2)10-8-17)34(15-16)27(36)25(35)30-21-14-28-12-19-13-29-32-24(19)21/h4,6,11-14,16-17,22H,3,5,7-10,15H2,1-2H3,(H,29,32)(H,30,35)/i2D3. The Morgan fingerprint density at radius 3 is 2.86 bits per heavy atom. The van der Waals surface area contributed by atoms with Gasteiger partial charge in [-0.1, -0.05) is 13.0 Å². The van der Waals surface area contributed by atoms with Gasteiger partial charge < -0.3 is 15.1 Å². The van der Waals surface area contributed by atoms with Gasteiger partial charge in [0.1, 0.15) is 0 Å². The Kier molecular flexibility index (Phi) is 5.49. The minimum atomic E-state index is -2.05. The molecule has 2 fully saturated rings. The predicted molar refractivity (Wildman–Crippen MR) is 144 cm³/mol. The summed E-state index contributed by atoms with van der Waals surface area (Å²) >= 11 is 1.65. The van der Waals surface area contributed by atoms with Crippen LogP contribution in [-0.2, 0) is 9.59 Å². The highest BCUT2D eigenvalue weighted by Gasteiger charge is 2.35. The zero-order valence-corrected chi connectivity index (χ0v) is 21.4. The zero-order valence-electron chi connectivity index (χ0n) is 23.6. The highest BCUT2D eigenvalue weighted by Crippen LogP contribution is 2.38. The van der Waals surface area contributed by atoms with Crippen LogP contribution < -0.4 is 5.32 Å². The maximum absolute atomic E-state index is 13.5. The number of aromatic amines is 1. The molecular weight excluding hydrogens is 486 g/mol. The highest BCUT2D eigenvalue weighted by molar-refractivity contribution is 7.18. The Morgan fingerprint density at radius 2 is 2.03 bits per heavy atom. The Bertz CT molecular complexity index is 1560. The van der Waals surface area contributed by atoms with Gasteiger partial charge in [0.2, 0.25) is 0 Å². The summed E-state index contributed by atoms with van der Waals surface area (Å²) in [6.45, 7) is 1.61. The first kappa shape index (κ1) is 20.7. The second kappa shape index (κ2) is 9.83. The van der Waals surface area contributed by atoms with E-state index in [4.69, 9.17) is 9.10 Å². The Balaban J connectivity index is 1.21. The maximum atomic E-state index is 13.5. The van der Waals surface area contributed by atoms with E-state index in [0.29, 0.717) is 30.8 Å². The minimum absolute atomic E-state index is 0.229. The van der Waals surface area contributed by atoms with Crippen LogP contribution in [0.1, 0.15) is 59.3 Å². The van der Waals surface area contributed by atoms with Gasteiger partial charge in [-0.3, -0.25) is 19.7 Å². The lowest BCUT2D eigenvalue weighted by Crippen LogP contribution is -2.46. The number of carbonyl (C=O) groups excluding carboxylic acids is 2. The third-order valence-electron chi connectivity index (χ3n) is 7.53. The molecule has 1 aromatic carbocycles. The molecule has 2 saturated heterocycles. The number of likely N-dealkylation sites (tertiary alicyclic amines) is 2. The summed E-state index contributed by atoms with van der Waals surface area (Å²) < 4.78 is 24.0. The van der Waals surface area contributed by atoms with Crippen molar-refractivity contribution >= 4 is 50.0 Å². The number of thiazole rings is 1. The van der Waals surface area contributed by atoms with E-state index >= 15 is 0 Å².